The van der Waals surface area contributed by atoms with Crippen LogP contribution >= 0.6 is 0 Å². The fourth-order valence-electron chi connectivity index (χ4n) is 1.71. The molecule has 5 nitrogen and oxygen atoms in total. The van der Waals surface area contributed by atoms with Crippen LogP contribution < -0.4 is 10.9 Å². The minimum atomic E-state index is -0.831. The number of aromatic nitrogens is 2. The lowest BCUT2D eigenvalue weighted by molar-refractivity contribution is -0.119. The number of amides is 1. The van der Waals surface area contributed by atoms with Crippen LogP contribution in [0.3, 0.4) is 0 Å². The van der Waals surface area contributed by atoms with Gasteiger partial charge < -0.3 is 5.32 Å². The molecule has 1 N–H and O–H groups in total. The maximum atomic E-state index is 13.5. The zero-order valence-electron chi connectivity index (χ0n) is 11.1. The van der Waals surface area contributed by atoms with Crippen molar-refractivity contribution >= 4 is 11.6 Å². The van der Waals surface area contributed by atoms with Crippen molar-refractivity contribution in [3.8, 4) is 0 Å². The highest BCUT2D eigenvalue weighted by Crippen LogP contribution is 2.14. The molecule has 0 aliphatic heterocycles. The summed E-state index contributed by atoms with van der Waals surface area (Å²) < 4.78 is 14.5. The highest BCUT2D eigenvalue weighted by Gasteiger charge is 2.18. The lowest BCUT2D eigenvalue weighted by atomic mass is 10.2. The molecule has 1 amide bonds. The molecule has 1 aromatic carbocycles. The Balaban J connectivity index is 2.23. The molecule has 0 bridgehead atoms. The number of aryl methyl sites for hydroxylation is 1. The number of carbonyl (C=O) groups excluding carboxylic acids is 1. The molecule has 0 radical (unpaired) electrons. The number of hydrogen-bond donors (Lipinski definition) is 1. The molecule has 2 aromatic rings. The number of hydrogen-bond acceptors (Lipinski definition) is 3. The van der Waals surface area contributed by atoms with Gasteiger partial charge in [-0.3, -0.25) is 9.59 Å². The zero-order chi connectivity index (χ0) is 14.7. The van der Waals surface area contributed by atoms with Crippen LogP contribution in [-0.4, -0.2) is 15.7 Å². The van der Waals surface area contributed by atoms with Crippen molar-refractivity contribution in [2.45, 2.75) is 19.9 Å². The van der Waals surface area contributed by atoms with Gasteiger partial charge in [0.15, 0.2) is 0 Å². The molecule has 1 unspecified atom stereocenters. The van der Waals surface area contributed by atoms with Gasteiger partial charge in [0, 0.05) is 6.07 Å². The highest BCUT2D eigenvalue weighted by atomic mass is 19.1. The molecule has 0 aliphatic rings. The lowest BCUT2D eigenvalue weighted by Crippen LogP contribution is -2.33. The van der Waals surface area contributed by atoms with Gasteiger partial charge in [-0.05, 0) is 32.0 Å². The standard InChI is InChI=1S/C14H14FN3O2/c1-9-7-8-13(19)18(17-9)10(2)14(20)16-12-6-4-3-5-11(12)15/h3-8,10H,1-2H3,(H,16,20). The number of nitrogens with one attached hydrogen (secondary N) is 1. The second kappa shape index (κ2) is 5.64. The summed E-state index contributed by atoms with van der Waals surface area (Å²) in [6.07, 6.45) is 0. The van der Waals surface area contributed by atoms with Gasteiger partial charge in [-0.25, -0.2) is 9.07 Å². The molecule has 2 rings (SSSR count). The van der Waals surface area contributed by atoms with E-state index in [9.17, 15) is 14.0 Å². The van der Waals surface area contributed by atoms with Gasteiger partial charge in [0.05, 0.1) is 11.4 Å². The van der Waals surface area contributed by atoms with Crippen molar-refractivity contribution < 1.29 is 9.18 Å². The summed E-state index contributed by atoms with van der Waals surface area (Å²) in [5.41, 5.74) is 0.312. The topological polar surface area (TPSA) is 64.0 Å². The summed E-state index contributed by atoms with van der Waals surface area (Å²) in [7, 11) is 0. The first-order chi connectivity index (χ1) is 9.49. The van der Waals surface area contributed by atoms with E-state index in [1.807, 2.05) is 0 Å². The molecule has 1 aromatic heterocycles. The summed E-state index contributed by atoms with van der Waals surface area (Å²) in [5, 5.41) is 6.45. The maximum absolute atomic E-state index is 13.5. The fourth-order valence-corrected chi connectivity index (χ4v) is 1.71. The number of anilines is 1. The molecular formula is C14H14FN3O2. The van der Waals surface area contributed by atoms with E-state index in [-0.39, 0.29) is 11.2 Å². The number of benzene rings is 1. The van der Waals surface area contributed by atoms with Crippen LogP contribution in [0.15, 0.2) is 41.2 Å². The molecule has 1 atom stereocenters. The molecule has 6 heteroatoms. The van der Waals surface area contributed by atoms with Crippen LogP contribution in [0.5, 0.6) is 0 Å². The Morgan fingerprint density at radius 1 is 1.30 bits per heavy atom. The van der Waals surface area contributed by atoms with Gasteiger partial charge in [0.25, 0.3) is 5.56 Å². The SMILES string of the molecule is Cc1ccc(=O)n(C(C)C(=O)Nc2ccccc2F)n1. The van der Waals surface area contributed by atoms with E-state index in [0.717, 1.165) is 4.68 Å². The van der Waals surface area contributed by atoms with Crippen molar-refractivity contribution in [3.63, 3.8) is 0 Å². The van der Waals surface area contributed by atoms with Crippen LogP contribution in [0.4, 0.5) is 10.1 Å². The minimum absolute atomic E-state index is 0.0741. The molecule has 0 fully saturated rings. The van der Waals surface area contributed by atoms with Crippen LogP contribution in [-0.2, 0) is 4.79 Å². The third-order valence-electron chi connectivity index (χ3n) is 2.84. The first kappa shape index (κ1) is 13.9. The number of nitrogens with zero attached hydrogens (tertiary/aromatic N) is 2. The number of halogens is 1. The summed E-state index contributed by atoms with van der Waals surface area (Å²) in [5.74, 6) is -1.03. The Kier molecular flexibility index (Phi) is 3.93. The molecule has 1 heterocycles. The van der Waals surface area contributed by atoms with E-state index in [2.05, 4.69) is 10.4 Å². The third-order valence-corrected chi connectivity index (χ3v) is 2.84. The Morgan fingerprint density at radius 2 is 2.00 bits per heavy atom. The second-order valence-corrected chi connectivity index (χ2v) is 4.40. The van der Waals surface area contributed by atoms with Gasteiger partial charge >= 0.3 is 0 Å². The van der Waals surface area contributed by atoms with Gasteiger partial charge in [0.1, 0.15) is 11.9 Å². The van der Waals surface area contributed by atoms with Crippen molar-refractivity contribution in [2.75, 3.05) is 5.32 Å². The van der Waals surface area contributed by atoms with Crippen molar-refractivity contribution in [1.82, 2.24) is 9.78 Å². The average Bonchev–Trinajstić information content (AvgIpc) is 2.43. The second-order valence-electron chi connectivity index (χ2n) is 4.40. The number of para-hydroxylation sites is 1. The van der Waals surface area contributed by atoms with Gasteiger partial charge in [-0.2, -0.15) is 5.10 Å². The summed E-state index contributed by atoms with van der Waals surface area (Å²) in [4.78, 5) is 23.7. The number of carbonyl (C=O) groups is 1. The molecule has 0 saturated carbocycles. The van der Waals surface area contributed by atoms with Gasteiger partial charge in [0.2, 0.25) is 5.91 Å². The number of rotatable bonds is 3. The van der Waals surface area contributed by atoms with Crippen molar-refractivity contribution in [3.05, 3.63) is 58.3 Å². The molecule has 20 heavy (non-hydrogen) atoms. The van der Waals surface area contributed by atoms with Gasteiger partial charge in [-0.1, -0.05) is 12.1 Å². The molecule has 104 valence electrons. The van der Waals surface area contributed by atoms with E-state index in [1.54, 1.807) is 19.1 Å². The first-order valence-corrected chi connectivity index (χ1v) is 6.11. The van der Waals surface area contributed by atoms with Crippen LogP contribution in [0, 0.1) is 12.7 Å². The first-order valence-electron chi connectivity index (χ1n) is 6.11. The van der Waals surface area contributed by atoms with E-state index in [0.29, 0.717) is 5.69 Å². The summed E-state index contributed by atoms with van der Waals surface area (Å²) in [6.45, 7) is 3.25. The molecular weight excluding hydrogens is 261 g/mol. The monoisotopic (exact) mass is 275 g/mol. The normalized spacial score (nSPS) is 11.9. The maximum Gasteiger partial charge on any atom is 0.267 e. The summed E-state index contributed by atoms with van der Waals surface area (Å²) in [6, 6.07) is 7.92. The van der Waals surface area contributed by atoms with E-state index < -0.39 is 17.8 Å². The van der Waals surface area contributed by atoms with Crippen LogP contribution in [0.25, 0.3) is 0 Å². The molecule has 0 saturated heterocycles. The molecule has 0 spiro atoms. The Hall–Kier alpha value is -2.50. The Morgan fingerprint density at radius 3 is 2.70 bits per heavy atom. The lowest BCUT2D eigenvalue weighted by Gasteiger charge is -2.14. The largest absolute Gasteiger partial charge is 0.322 e. The average molecular weight is 275 g/mol. The smallest absolute Gasteiger partial charge is 0.267 e. The van der Waals surface area contributed by atoms with Crippen LogP contribution in [0.2, 0.25) is 0 Å². The van der Waals surface area contributed by atoms with E-state index in [1.165, 1.54) is 31.2 Å². The van der Waals surface area contributed by atoms with Crippen LogP contribution in [0.1, 0.15) is 18.7 Å². The Bertz CT molecular complexity index is 697. The summed E-state index contributed by atoms with van der Waals surface area (Å²) >= 11 is 0. The van der Waals surface area contributed by atoms with Crippen molar-refractivity contribution in [1.29, 1.82) is 0 Å². The zero-order valence-corrected chi connectivity index (χ0v) is 11.1. The third kappa shape index (κ3) is 2.90. The Labute approximate surface area is 115 Å². The van der Waals surface area contributed by atoms with E-state index in [4.69, 9.17) is 0 Å². The molecule has 0 aliphatic carbocycles. The quantitative estimate of drug-likeness (QED) is 0.930. The fraction of sp³-hybridized carbons (Fsp3) is 0.214. The van der Waals surface area contributed by atoms with E-state index >= 15 is 0 Å². The highest BCUT2D eigenvalue weighted by molar-refractivity contribution is 5.93. The minimum Gasteiger partial charge on any atom is -0.322 e. The predicted molar refractivity (Wildman–Crippen MR) is 73.0 cm³/mol. The predicted octanol–water partition coefficient (Wildman–Crippen LogP) is 1.89. The van der Waals surface area contributed by atoms with Gasteiger partial charge in [-0.15, -0.1) is 0 Å². The van der Waals surface area contributed by atoms with Crippen molar-refractivity contribution in [2.24, 2.45) is 0 Å².